The molecule has 1 unspecified atom stereocenters. The molecule has 18 heavy (non-hydrogen) atoms. The predicted octanol–water partition coefficient (Wildman–Crippen LogP) is 1.93. The van der Waals surface area contributed by atoms with Crippen molar-refractivity contribution in [3.05, 3.63) is 18.2 Å². The summed E-state index contributed by atoms with van der Waals surface area (Å²) in [5, 5.41) is 3.57. The third-order valence-corrected chi connectivity index (χ3v) is 3.82. The van der Waals surface area contributed by atoms with Crippen molar-refractivity contribution < 1.29 is 4.74 Å². The Hall–Kier alpha value is -1.42. The predicted molar refractivity (Wildman–Crippen MR) is 74.0 cm³/mol. The molecule has 1 aliphatic carbocycles. The summed E-state index contributed by atoms with van der Waals surface area (Å²) in [6.07, 6.45) is 3.99. The van der Waals surface area contributed by atoms with Crippen LogP contribution in [-0.4, -0.2) is 37.2 Å². The summed E-state index contributed by atoms with van der Waals surface area (Å²) in [6, 6.07) is 7.23. The van der Waals surface area contributed by atoms with Gasteiger partial charge in [-0.3, -0.25) is 4.90 Å². The lowest BCUT2D eigenvalue weighted by Crippen LogP contribution is -2.27. The largest absolute Gasteiger partial charge is 0.497 e. The van der Waals surface area contributed by atoms with Gasteiger partial charge in [-0.1, -0.05) is 0 Å². The highest BCUT2D eigenvalue weighted by Crippen LogP contribution is 2.31. The molecule has 1 aromatic carbocycles. The summed E-state index contributed by atoms with van der Waals surface area (Å²) in [7, 11) is 1.67. The Morgan fingerprint density at radius 2 is 2.11 bits per heavy atom. The van der Waals surface area contributed by atoms with E-state index >= 15 is 0 Å². The van der Waals surface area contributed by atoms with Crippen molar-refractivity contribution in [2.45, 2.75) is 31.3 Å². The second kappa shape index (κ2) is 4.69. The fourth-order valence-electron chi connectivity index (χ4n) is 2.74. The average Bonchev–Trinajstić information content (AvgIpc) is 3.10. The molecule has 0 radical (unpaired) electrons. The zero-order valence-corrected chi connectivity index (χ0v) is 10.9. The molecule has 3 N–H and O–H groups in total. The van der Waals surface area contributed by atoms with Gasteiger partial charge in [-0.05, 0) is 25.3 Å². The maximum absolute atomic E-state index is 5.86. The van der Waals surface area contributed by atoms with Gasteiger partial charge in [0.25, 0.3) is 0 Å². The molecule has 0 aromatic heterocycles. The normalized spacial score (nSPS) is 24.2. The first-order valence-electron chi connectivity index (χ1n) is 6.70. The number of benzene rings is 1. The van der Waals surface area contributed by atoms with Gasteiger partial charge in [0.05, 0.1) is 7.11 Å². The van der Waals surface area contributed by atoms with Gasteiger partial charge in [0, 0.05) is 48.7 Å². The maximum atomic E-state index is 5.86. The number of ether oxygens (including phenoxy) is 1. The zero-order valence-electron chi connectivity index (χ0n) is 10.9. The Balaban J connectivity index is 1.63. The molecular formula is C14H21N3O. The molecule has 1 saturated heterocycles. The van der Waals surface area contributed by atoms with Crippen LogP contribution < -0.4 is 15.8 Å². The van der Waals surface area contributed by atoms with Crippen LogP contribution in [0.5, 0.6) is 5.75 Å². The van der Waals surface area contributed by atoms with E-state index in [1.807, 2.05) is 18.2 Å². The first-order chi connectivity index (χ1) is 8.74. The molecule has 0 bridgehead atoms. The van der Waals surface area contributed by atoms with Crippen molar-refractivity contribution in [2.24, 2.45) is 0 Å². The number of likely N-dealkylation sites (tertiary alicyclic amines) is 1. The second-order valence-electron chi connectivity index (χ2n) is 5.35. The minimum atomic E-state index is 0.539. The van der Waals surface area contributed by atoms with Crippen LogP contribution in [0.4, 0.5) is 11.4 Å². The summed E-state index contributed by atoms with van der Waals surface area (Å²) >= 11 is 0. The van der Waals surface area contributed by atoms with Crippen molar-refractivity contribution in [3.63, 3.8) is 0 Å². The van der Waals surface area contributed by atoms with E-state index in [0.29, 0.717) is 6.04 Å². The number of nitrogens with two attached hydrogens (primary N) is 1. The van der Waals surface area contributed by atoms with Gasteiger partial charge < -0.3 is 15.8 Å². The molecule has 4 nitrogen and oxygen atoms in total. The number of methoxy groups -OCH3 is 1. The SMILES string of the molecule is COc1cc(N)cc(NC2CCN(C3CC3)C2)c1. The highest BCUT2D eigenvalue weighted by Gasteiger charge is 2.34. The van der Waals surface area contributed by atoms with Crippen LogP contribution in [0.3, 0.4) is 0 Å². The maximum Gasteiger partial charge on any atom is 0.122 e. The number of anilines is 2. The van der Waals surface area contributed by atoms with Gasteiger partial charge in [0.2, 0.25) is 0 Å². The molecule has 4 heteroatoms. The monoisotopic (exact) mass is 247 g/mol. The molecule has 0 spiro atoms. The molecule has 1 saturated carbocycles. The van der Waals surface area contributed by atoms with Crippen LogP contribution in [0.15, 0.2) is 18.2 Å². The van der Waals surface area contributed by atoms with E-state index in [4.69, 9.17) is 10.5 Å². The molecule has 3 rings (SSSR count). The standard InChI is InChI=1S/C14H21N3O/c1-18-14-7-10(15)6-12(8-14)16-11-4-5-17(9-11)13-2-3-13/h6-8,11,13,16H,2-5,9,15H2,1H3. The number of hydrogen-bond donors (Lipinski definition) is 2. The first-order valence-corrected chi connectivity index (χ1v) is 6.70. The summed E-state index contributed by atoms with van der Waals surface area (Å²) in [5.41, 5.74) is 7.67. The Morgan fingerprint density at radius 1 is 1.28 bits per heavy atom. The van der Waals surface area contributed by atoms with E-state index in [1.54, 1.807) is 7.11 Å². The Morgan fingerprint density at radius 3 is 2.83 bits per heavy atom. The smallest absolute Gasteiger partial charge is 0.122 e. The van der Waals surface area contributed by atoms with Crippen LogP contribution >= 0.6 is 0 Å². The minimum Gasteiger partial charge on any atom is -0.497 e. The van der Waals surface area contributed by atoms with Crippen LogP contribution in [0, 0.1) is 0 Å². The minimum absolute atomic E-state index is 0.539. The van der Waals surface area contributed by atoms with E-state index in [0.717, 1.165) is 29.7 Å². The van der Waals surface area contributed by atoms with Gasteiger partial charge in [0.15, 0.2) is 0 Å². The number of nitrogens with zero attached hydrogens (tertiary/aromatic N) is 1. The molecule has 1 aliphatic heterocycles. The second-order valence-corrected chi connectivity index (χ2v) is 5.35. The van der Waals surface area contributed by atoms with E-state index in [-0.39, 0.29) is 0 Å². The van der Waals surface area contributed by atoms with Crippen molar-refractivity contribution >= 4 is 11.4 Å². The average molecular weight is 247 g/mol. The van der Waals surface area contributed by atoms with Gasteiger partial charge in [0.1, 0.15) is 5.75 Å². The van der Waals surface area contributed by atoms with Gasteiger partial charge in [-0.25, -0.2) is 0 Å². The fourth-order valence-corrected chi connectivity index (χ4v) is 2.74. The lowest BCUT2D eigenvalue weighted by Gasteiger charge is -2.17. The van der Waals surface area contributed by atoms with Crippen LogP contribution in [-0.2, 0) is 0 Å². The Bertz CT molecular complexity index is 431. The number of rotatable bonds is 4. The molecule has 1 heterocycles. The number of nitrogen functional groups attached to an aromatic ring is 1. The number of nitrogens with one attached hydrogen (secondary N) is 1. The summed E-state index contributed by atoms with van der Waals surface area (Å²) in [6.45, 7) is 2.38. The van der Waals surface area contributed by atoms with Gasteiger partial charge in [-0.15, -0.1) is 0 Å². The summed E-state index contributed by atoms with van der Waals surface area (Å²) < 4.78 is 5.24. The molecule has 1 aromatic rings. The van der Waals surface area contributed by atoms with Crippen LogP contribution in [0.2, 0.25) is 0 Å². The Kier molecular flexibility index (Phi) is 3.04. The highest BCUT2D eigenvalue weighted by molar-refractivity contribution is 5.59. The molecule has 2 aliphatic rings. The van der Waals surface area contributed by atoms with Crippen molar-refractivity contribution in [1.82, 2.24) is 4.90 Å². The number of hydrogen-bond acceptors (Lipinski definition) is 4. The topological polar surface area (TPSA) is 50.5 Å². The quantitative estimate of drug-likeness (QED) is 0.798. The van der Waals surface area contributed by atoms with Crippen molar-refractivity contribution in [3.8, 4) is 5.75 Å². The van der Waals surface area contributed by atoms with Crippen LogP contribution in [0.25, 0.3) is 0 Å². The third-order valence-electron chi connectivity index (χ3n) is 3.82. The summed E-state index contributed by atoms with van der Waals surface area (Å²) in [5.74, 6) is 0.814. The molecule has 0 amide bonds. The Labute approximate surface area is 108 Å². The molecular weight excluding hydrogens is 226 g/mol. The lowest BCUT2D eigenvalue weighted by atomic mass is 10.2. The summed E-state index contributed by atoms with van der Waals surface area (Å²) in [4.78, 5) is 2.60. The molecule has 1 atom stereocenters. The first kappa shape index (κ1) is 11.7. The molecule has 98 valence electrons. The van der Waals surface area contributed by atoms with Crippen molar-refractivity contribution in [1.29, 1.82) is 0 Å². The van der Waals surface area contributed by atoms with E-state index in [2.05, 4.69) is 10.2 Å². The zero-order chi connectivity index (χ0) is 12.5. The lowest BCUT2D eigenvalue weighted by molar-refractivity contribution is 0.326. The van der Waals surface area contributed by atoms with E-state index in [1.165, 1.54) is 25.8 Å². The molecule has 2 fully saturated rings. The van der Waals surface area contributed by atoms with Crippen LogP contribution in [0.1, 0.15) is 19.3 Å². The fraction of sp³-hybridized carbons (Fsp3) is 0.571. The van der Waals surface area contributed by atoms with E-state index < -0.39 is 0 Å². The van der Waals surface area contributed by atoms with Gasteiger partial charge >= 0.3 is 0 Å². The van der Waals surface area contributed by atoms with Gasteiger partial charge in [-0.2, -0.15) is 0 Å². The van der Waals surface area contributed by atoms with Crippen molar-refractivity contribution in [2.75, 3.05) is 31.2 Å². The van der Waals surface area contributed by atoms with E-state index in [9.17, 15) is 0 Å². The third kappa shape index (κ3) is 2.53. The highest BCUT2D eigenvalue weighted by atomic mass is 16.5.